The number of carboxylic acids is 1. The first-order valence-electron chi connectivity index (χ1n) is 6.29. The van der Waals surface area contributed by atoms with Crippen LogP contribution in [-0.4, -0.2) is 40.1 Å². The van der Waals surface area contributed by atoms with E-state index in [1.54, 1.807) is 18.2 Å². The lowest BCUT2D eigenvalue weighted by atomic mass is 10.1. The van der Waals surface area contributed by atoms with Crippen LogP contribution in [0.5, 0.6) is 0 Å². The van der Waals surface area contributed by atoms with Crippen molar-refractivity contribution in [3.8, 4) is 10.6 Å². The van der Waals surface area contributed by atoms with Gasteiger partial charge in [-0.1, -0.05) is 16.8 Å². The van der Waals surface area contributed by atoms with E-state index in [0.717, 1.165) is 4.88 Å². The standard InChI is InChI=1S/C13H11ClN2O4S/c14-11-2-1-10(21-11)9-5-8(15-20-9)12(17)16-4-3-7(6-16)13(18)19/h1-2,5,7H,3-4,6H2,(H,18,19)/t7-/m0/s1. The maximum atomic E-state index is 12.3. The van der Waals surface area contributed by atoms with Crippen molar-refractivity contribution < 1.29 is 19.2 Å². The van der Waals surface area contributed by atoms with Gasteiger partial charge in [0.2, 0.25) is 0 Å². The number of carbonyl (C=O) groups excluding carboxylic acids is 1. The van der Waals surface area contributed by atoms with Gasteiger partial charge in [-0.25, -0.2) is 0 Å². The molecule has 3 rings (SSSR count). The Bertz CT molecular complexity index is 696. The Labute approximate surface area is 128 Å². The van der Waals surface area contributed by atoms with E-state index in [1.165, 1.54) is 16.2 Å². The second kappa shape index (κ2) is 5.50. The number of thiophene rings is 1. The van der Waals surface area contributed by atoms with E-state index in [9.17, 15) is 9.59 Å². The van der Waals surface area contributed by atoms with Gasteiger partial charge in [0, 0.05) is 19.2 Å². The third-order valence-electron chi connectivity index (χ3n) is 3.37. The Balaban J connectivity index is 1.74. The molecule has 0 radical (unpaired) electrons. The molecule has 1 amide bonds. The smallest absolute Gasteiger partial charge is 0.308 e. The summed E-state index contributed by atoms with van der Waals surface area (Å²) in [7, 11) is 0. The number of carbonyl (C=O) groups is 2. The highest BCUT2D eigenvalue weighted by Gasteiger charge is 2.32. The number of amides is 1. The molecule has 1 saturated heterocycles. The van der Waals surface area contributed by atoms with Crippen LogP contribution >= 0.6 is 22.9 Å². The SMILES string of the molecule is O=C(O)[C@H]1CCN(C(=O)c2cc(-c3ccc(Cl)s3)on2)C1. The number of hydrogen-bond donors (Lipinski definition) is 1. The third kappa shape index (κ3) is 2.79. The van der Waals surface area contributed by atoms with Crippen LogP contribution in [0, 0.1) is 5.92 Å². The first-order chi connectivity index (χ1) is 10.0. The Hall–Kier alpha value is -1.86. The van der Waals surface area contributed by atoms with Gasteiger partial charge >= 0.3 is 5.97 Å². The van der Waals surface area contributed by atoms with E-state index in [2.05, 4.69) is 5.16 Å². The summed E-state index contributed by atoms with van der Waals surface area (Å²) < 4.78 is 5.78. The maximum Gasteiger partial charge on any atom is 0.308 e. The van der Waals surface area contributed by atoms with Gasteiger partial charge in [0.15, 0.2) is 11.5 Å². The zero-order valence-electron chi connectivity index (χ0n) is 10.8. The molecule has 1 aliphatic rings. The molecule has 1 atom stereocenters. The average Bonchev–Trinajstić information content (AvgIpc) is 3.17. The molecule has 0 saturated carbocycles. The fraction of sp³-hybridized carbons (Fsp3) is 0.308. The summed E-state index contributed by atoms with van der Waals surface area (Å²) in [6, 6.07) is 5.08. The van der Waals surface area contributed by atoms with Crippen LogP contribution in [0.4, 0.5) is 0 Å². The van der Waals surface area contributed by atoms with Crippen LogP contribution in [0.15, 0.2) is 22.7 Å². The number of likely N-dealkylation sites (tertiary alicyclic amines) is 1. The molecule has 0 bridgehead atoms. The van der Waals surface area contributed by atoms with Crippen molar-refractivity contribution in [3.05, 3.63) is 28.2 Å². The zero-order chi connectivity index (χ0) is 15.0. The van der Waals surface area contributed by atoms with Crippen molar-refractivity contribution in [2.24, 2.45) is 5.92 Å². The average molecular weight is 327 g/mol. The molecule has 0 aromatic carbocycles. The summed E-state index contributed by atoms with van der Waals surface area (Å²) >= 11 is 7.19. The zero-order valence-corrected chi connectivity index (χ0v) is 12.4. The largest absolute Gasteiger partial charge is 0.481 e. The molecule has 21 heavy (non-hydrogen) atoms. The summed E-state index contributed by atoms with van der Waals surface area (Å²) in [6.45, 7) is 0.629. The van der Waals surface area contributed by atoms with Crippen LogP contribution in [0.2, 0.25) is 4.34 Å². The normalized spacial score (nSPS) is 18.1. The quantitative estimate of drug-likeness (QED) is 0.937. The predicted octanol–water partition coefficient (Wildman–Crippen LogP) is 2.60. The van der Waals surface area contributed by atoms with Crippen molar-refractivity contribution in [2.75, 3.05) is 13.1 Å². The summed E-state index contributed by atoms with van der Waals surface area (Å²) in [5, 5.41) is 12.7. The molecule has 2 aromatic rings. The van der Waals surface area contributed by atoms with Gasteiger partial charge in [0.1, 0.15) is 0 Å². The Kier molecular flexibility index (Phi) is 3.69. The first kappa shape index (κ1) is 14.1. The number of carboxylic acid groups (broad SMARTS) is 1. The van der Waals surface area contributed by atoms with Crippen LogP contribution in [0.25, 0.3) is 10.6 Å². The minimum Gasteiger partial charge on any atom is -0.481 e. The number of nitrogens with zero attached hydrogens (tertiary/aromatic N) is 2. The number of hydrogen-bond acceptors (Lipinski definition) is 5. The topological polar surface area (TPSA) is 83.6 Å². The van der Waals surface area contributed by atoms with Crippen LogP contribution in [0.3, 0.4) is 0 Å². The molecular formula is C13H11ClN2O4S. The van der Waals surface area contributed by atoms with Gasteiger partial charge in [-0.3, -0.25) is 9.59 Å². The fourth-order valence-corrected chi connectivity index (χ4v) is 3.24. The van der Waals surface area contributed by atoms with Gasteiger partial charge in [-0.15, -0.1) is 11.3 Å². The van der Waals surface area contributed by atoms with Crippen LogP contribution < -0.4 is 0 Å². The summed E-state index contributed by atoms with van der Waals surface area (Å²) in [4.78, 5) is 25.4. The van der Waals surface area contributed by atoms with Gasteiger partial charge in [-0.05, 0) is 18.6 Å². The Morgan fingerprint density at radius 1 is 1.48 bits per heavy atom. The van der Waals surface area contributed by atoms with E-state index in [1.807, 2.05) is 0 Å². The summed E-state index contributed by atoms with van der Waals surface area (Å²) in [5.74, 6) is -1.21. The number of aromatic nitrogens is 1. The van der Waals surface area contributed by atoms with Gasteiger partial charge in [0.05, 0.1) is 15.1 Å². The molecule has 2 aromatic heterocycles. The maximum absolute atomic E-state index is 12.3. The summed E-state index contributed by atoms with van der Waals surface area (Å²) in [5.41, 5.74) is 0.181. The van der Waals surface area contributed by atoms with E-state index < -0.39 is 11.9 Å². The van der Waals surface area contributed by atoms with Crippen molar-refractivity contribution in [1.29, 1.82) is 0 Å². The molecule has 6 nitrogen and oxygen atoms in total. The van der Waals surface area contributed by atoms with Crippen molar-refractivity contribution in [3.63, 3.8) is 0 Å². The van der Waals surface area contributed by atoms with E-state index in [0.29, 0.717) is 23.1 Å². The fourth-order valence-electron chi connectivity index (χ4n) is 2.25. The van der Waals surface area contributed by atoms with Gasteiger partial charge in [-0.2, -0.15) is 0 Å². The molecule has 110 valence electrons. The van der Waals surface area contributed by atoms with Gasteiger partial charge in [0.25, 0.3) is 5.91 Å². The molecule has 0 spiro atoms. The minimum atomic E-state index is -0.876. The monoisotopic (exact) mass is 326 g/mol. The number of rotatable bonds is 3. The summed E-state index contributed by atoms with van der Waals surface area (Å²) in [6.07, 6.45) is 0.465. The predicted molar refractivity (Wildman–Crippen MR) is 76.5 cm³/mol. The van der Waals surface area contributed by atoms with Crippen molar-refractivity contribution >= 4 is 34.8 Å². The molecule has 1 fully saturated rings. The van der Waals surface area contributed by atoms with Crippen LogP contribution in [-0.2, 0) is 4.79 Å². The van der Waals surface area contributed by atoms with Crippen LogP contribution in [0.1, 0.15) is 16.9 Å². The van der Waals surface area contributed by atoms with E-state index in [4.69, 9.17) is 21.2 Å². The Morgan fingerprint density at radius 2 is 2.29 bits per heavy atom. The molecule has 1 N–H and O–H groups in total. The highest BCUT2D eigenvalue weighted by Crippen LogP contribution is 2.31. The second-order valence-electron chi connectivity index (χ2n) is 4.76. The minimum absolute atomic E-state index is 0.181. The molecular weight excluding hydrogens is 316 g/mol. The lowest BCUT2D eigenvalue weighted by molar-refractivity contribution is -0.141. The second-order valence-corrected chi connectivity index (χ2v) is 6.47. The van der Waals surface area contributed by atoms with Crippen molar-refractivity contribution in [2.45, 2.75) is 6.42 Å². The number of halogens is 1. The molecule has 3 heterocycles. The van der Waals surface area contributed by atoms with E-state index >= 15 is 0 Å². The highest BCUT2D eigenvalue weighted by molar-refractivity contribution is 7.19. The molecule has 0 unspecified atom stereocenters. The molecule has 8 heteroatoms. The van der Waals surface area contributed by atoms with Gasteiger partial charge < -0.3 is 14.5 Å². The van der Waals surface area contributed by atoms with Crippen molar-refractivity contribution in [1.82, 2.24) is 10.1 Å². The number of aliphatic carboxylic acids is 1. The van der Waals surface area contributed by atoms with E-state index in [-0.39, 0.29) is 18.1 Å². The first-order valence-corrected chi connectivity index (χ1v) is 7.48. The Morgan fingerprint density at radius 3 is 2.90 bits per heavy atom. The molecule has 0 aliphatic carbocycles. The lowest BCUT2D eigenvalue weighted by Gasteiger charge is -2.13. The lowest BCUT2D eigenvalue weighted by Crippen LogP contribution is -2.30. The third-order valence-corrected chi connectivity index (χ3v) is 4.62. The molecule has 1 aliphatic heterocycles. The highest BCUT2D eigenvalue weighted by atomic mass is 35.5.